The number of hydrogen-bond acceptors (Lipinski definition) is 5. The Morgan fingerprint density at radius 3 is 2.84 bits per heavy atom. The highest BCUT2D eigenvalue weighted by atomic mass is 19.3. The Morgan fingerprint density at radius 1 is 1.29 bits per heavy atom. The lowest BCUT2D eigenvalue weighted by molar-refractivity contribution is 0.0329. The lowest BCUT2D eigenvalue weighted by atomic mass is 10.1. The number of aliphatic imine (C=N–C) groups is 1. The van der Waals surface area contributed by atoms with Crippen LogP contribution in [0.25, 0.3) is 0 Å². The van der Waals surface area contributed by atoms with E-state index in [1.54, 1.807) is 0 Å². The van der Waals surface area contributed by atoms with Gasteiger partial charge in [0.05, 0.1) is 18.8 Å². The van der Waals surface area contributed by atoms with Crippen LogP contribution in [0.5, 0.6) is 0 Å². The van der Waals surface area contributed by atoms with Crippen LogP contribution in [0.2, 0.25) is 0 Å². The summed E-state index contributed by atoms with van der Waals surface area (Å²) in [6.07, 6.45) is 5.73. The summed E-state index contributed by atoms with van der Waals surface area (Å²) in [5.74, 6) is -3.00. The Morgan fingerprint density at radius 2 is 2.13 bits per heavy atom. The SMILES string of the molecule is CC(C)OC1C=NC(C(F)(F)CNCc2ccc3c(c2)CN(C2CCCNC2)C3)=CC1. The van der Waals surface area contributed by atoms with Crippen LogP contribution in [0.4, 0.5) is 8.78 Å². The van der Waals surface area contributed by atoms with E-state index >= 15 is 0 Å². The van der Waals surface area contributed by atoms with Gasteiger partial charge in [-0.05, 0) is 56.3 Å². The molecule has 0 aliphatic carbocycles. The average Bonchev–Trinajstić information content (AvgIpc) is 3.18. The van der Waals surface area contributed by atoms with Crippen LogP contribution in [0.15, 0.2) is 35.0 Å². The molecule has 31 heavy (non-hydrogen) atoms. The van der Waals surface area contributed by atoms with E-state index in [4.69, 9.17) is 4.74 Å². The summed E-state index contributed by atoms with van der Waals surface area (Å²) in [7, 11) is 0. The van der Waals surface area contributed by atoms with Crippen molar-refractivity contribution in [2.45, 2.75) is 76.9 Å². The van der Waals surface area contributed by atoms with Crippen LogP contribution >= 0.6 is 0 Å². The molecule has 5 nitrogen and oxygen atoms in total. The van der Waals surface area contributed by atoms with E-state index in [9.17, 15) is 8.78 Å². The summed E-state index contributed by atoms with van der Waals surface area (Å²) in [5, 5.41) is 6.41. The predicted molar refractivity (Wildman–Crippen MR) is 119 cm³/mol. The molecule has 0 spiro atoms. The van der Waals surface area contributed by atoms with E-state index in [-0.39, 0.29) is 17.9 Å². The molecular formula is C24H34F2N4O. The van der Waals surface area contributed by atoms with E-state index in [1.165, 1.54) is 36.3 Å². The fourth-order valence-electron chi connectivity index (χ4n) is 4.63. The molecule has 2 N–H and O–H groups in total. The summed E-state index contributed by atoms with van der Waals surface area (Å²) >= 11 is 0. The first-order valence-electron chi connectivity index (χ1n) is 11.4. The molecule has 0 saturated carbocycles. The minimum Gasteiger partial charge on any atom is -0.370 e. The van der Waals surface area contributed by atoms with Crippen molar-refractivity contribution in [3.63, 3.8) is 0 Å². The zero-order valence-corrected chi connectivity index (χ0v) is 18.5. The van der Waals surface area contributed by atoms with Gasteiger partial charge in [-0.2, -0.15) is 8.78 Å². The summed E-state index contributed by atoms with van der Waals surface area (Å²) in [6, 6.07) is 6.97. The number of rotatable bonds is 8. The standard InChI is InChI=1S/C24H34F2N4O/c1-17(2)31-22-7-8-23(29-13-22)24(25,26)16-28-11-18-5-6-19-14-30(15-20(19)10-18)21-4-3-9-27-12-21/h5-6,8,10,13,17,21-22,27-28H,3-4,7,9,11-12,14-16H2,1-2H3. The van der Waals surface area contributed by atoms with E-state index in [0.29, 0.717) is 19.0 Å². The van der Waals surface area contributed by atoms with Crippen molar-refractivity contribution in [2.24, 2.45) is 4.99 Å². The van der Waals surface area contributed by atoms with E-state index < -0.39 is 12.5 Å². The van der Waals surface area contributed by atoms with Crippen LogP contribution in [-0.4, -0.2) is 54.9 Å². The zero-order valence-electron chi connectivity index (χ0n) is 18.5. The fourth-order valence-corrected chi connectivity index (χ4v) is 4.63. The van der Waals surface area contributed by atoms with Gasteiger partial charge in [0.2, 0.25) is 0 Å². The molecule has 3 aliphatic heterocycles. The quantitative estimate of drug-likeness (QED) is 0.659. The van der Waals surface area contributed by atoms with Gasteiger partial charge in [0.1, 0.15) is 5.70 Å². The maximum atomic E-state index is 14.6. The van der Waals surface area contributed by atoms with Gasteiger partial charge in [0.25, 0.3) is 0 Å². The highest BCUT2D eigenvalue weighted by molar-refractivity contribution is 5.66. The molecule has 0 radical (unpaired) electrons. The summed E-state index contributed by atoms with van der Waals surface area (Å²) in [4.78, 5) is 6.51. The number of halogens is 2. The second-order valence-corrected chi connectivity index (χ2v) is 9.14. The number of hydrogen-bond donors (Lipinski definition) is 2. The van der Waals surface area contributed by atoms with Gasteiger partial charge >= 0.3 is 5.92 Å². The summed E-state index contributed by atoms with van der Waals surface area (Å²) < 4.78 is 34.8. The monoisotopic (exact) mass is 432 g/mol. The first-order valence-corrected chi connectivity index (χ1v) is 11.4. The summed E-state index contributed by atoms with van der Waals surface area (Å²) in [6.45, 7) is 7.96. The van der Waals surface area contributed by atoms with Gasteiger partial charge < -0.3 is 15.4 Å². The largest absolute Gasteiger partial charge is 0.370 e. The van der Waals surface area contributed by atoms with Crippen LogP contribution in [0.3, 0.4) is 0 Å². The number of nitrogens with one attached hydrogen (secondary N) is 2. The van der Waals surface area contributed by atoms with E-state index in [2.05, 4.69) is 38.7 Å². The molecule has 0 aromatic heterocycles. The lowest BCUT2D eigenvalue weighted by Crippen LogP contribution is -2.43. The number of fused-ring (bicyclic) bond motifs is 1. The topological polar surface area (TPSA) is 48.9 Å². The molecule has 0 bridgehead atoms. The minimum atomic E-state index is -3.00. The first-order chi connectivity index (χ1) is 14.9. The Balaban J connectivity index is 1.27. The average molecular weight is 433 g/mol. The normalized spacial score (nSPS) is 24.5. The third kappa shape index (κ3) is 5.77. The number of nitrogens with zero attached hydrogens (tertiary/aromatic N) is 2. The van der Waals surface area contributed by atoms with Crippen molar-refractivity contribution in [3.8, 4) is 0 Å². The molecule has 1 aromatic rings. The number of alkyl halides is 2. The molecule has 170 valence electrons. The Kier molecular flexibility index (Phi) is 7.16. The summed E-state index contributed by atoms with van der Waals surface area (Å²) in [5.41, 5.74) is 3.56. The maximum absolute atomic E-state index is 14.6. The highest BCUT2D eigenvalue weighted by Gasteiger charge is 2.35. The van der Waals surface area contributed by atoms with E-state index in [1.807, 2.05) is 13.8 Å². The molecule has 3 heterocycles. The van der Waals surface area contributed by atoms with Gasteiger partial charge in [-0.3, -0.25) is 9.89 Å². The Hall–Kier alpha value is -1.67. The first kappa shape index (κ1) is 22.5. The van der Waals surface area contributed by atoms with Crippen LogP contribution in [-0.2, 0) is 24.4 Å². The second kappa shape index (κ2) is 9.86. The van der Waals surface area contributed by atoms with E-state index in [0.717, 1.165) is 31.7 Å². The molecule has 2 unspecified atom stereocenters. The Bertz CT molecular complexity index is 818. The van der Waals surface area contributed by atoms with Crippen LogP contribution in [0.1, 0.15) is 49.8 Å². The van der Waals surface area contributed by atoms with Gasteiger partial charge in [-0.25, -0.2) is 0 Å². The second-order valence-electron chi connectivity index (χ2n) is 9.14. The van der Waals surface area contributed by atoms with Crippen LogP contribution < -0.4 is 10.6 Å². The molecular weight excluding hydrogens is 398 g/mol. The predicted octanol–water partition coefficient (Wildman–Crippen LogP) is 3.63. The van der Waals surface area contributed by atoms with Crippen molar-refractivity contribution in [1.82, 2.24) is 15.5 Å². The lowest BCUT2D eigenvalue weighted by Gasteiger charge is -2.31. The number of benzene rings is 1. The van der Waals surface area contributed by atoms with Gasteiger partial charge in [0, 0.05) is 38.4 Å². The van der Waals surface area contributed by atoms with Gasteiger partial charge in [-0.15, -0.1) is 0 Å². The zero-order chi connectivity index (χ0) is 21.8. The molecule has 4 rings (SSSR count). The van der Waals surface area contributed by atoms with Crippen molar-refractivity contribution >= 4 is 6.21 Å². The minimum absolute atomic E-state index is 0.0484. The third-order valence-corrected chi connectivity index (χ3v) is 6.23. The van der Waals surface area contributed by atoms with Crippen molar-refractivity contribution in [1.29, 1.82) is 0 Å². The third-order valence-electron chi connectivity index (χ3n) is 6.23. The molecule has 2 atom stereocenters. The van der Waals surface area contributed by atoms with Crippen molar-refractivity contribution < 1.29 is 13.5 Å². The van der Waals surface area contributed by atoms with Gasteiger partial charge in [0.15, 0.2) is 0 Å². The van der Waals surface area contributed by atoms with Crippen LogP contribution in [0, 0.1) is 0 Å². The van der Waals surface area contributed by atoms with Crippen molar-refractivity contribution in [3.05, 3.63) is 46.7 Å². The smallest absolute Gasteiger partial charge is 0.301 e. The number of piperidine rings is 1. The molecule has 3 aliphatic rings. The molecule has 0 amide bonds. The molecule has 7 heteroatoms. The molecule has 1 fully saturated rings. The fraction of sp³-hybridized carbons (Fsp3) is 0.625. The highest BCUT2D eigenvalue weighted by Crippen LogP contribution is 2.29. The van der Waals surface area contributed by atoms with Gasteiger partial charge in [-0.1, -0.05) is 24.3 Å². The Labute approximate surface area is 183 Å². The molecule has 1 aromatic carbocycles. The number of ether oxygens (including phenoxy) is 1. The van der Waals surface area contributed by atoms with Crippen molar-refractivity contribution in [2.75, 3.05) is 19.6 Å². The maximum Gasteiger partial charge on any atom is 0.301 e. The molecule has 1 saturated heterocycles.